The molecule has 0 radical (unpaired) electrons. The lowest BCUT2D eigenvalue weighted by Gasteiger charge is -2.23. The third-order valence-electron chi connectivity index (χ3n) is 4.79. The lowest BCUT2D eigenvalue weighted by atomic mass is 9.95. The number of rotatable bonds is 8. The number of aromatic nitrogens is 2. The largest absolute Gasteiger partial charge is 0.452 e. The Kier molecular flexibility index (Phi) is 6.95. The third-order valence-corrected chi connectivity index (χ3v) is 4.79. The molecule has 1 aromatic heterocycles. The van der Waals surface area contributed by atoms with E-state index in [1.165, 1.54) is 12.0 Å². The number of nitrogens with one attached hydrogen (secondary N) is 1. The van der Waals surface area contributed by atoms with Gasteiger partial charge >= 0.3 is 5.97 Å². The Morgan fingerprint density at radius 3 is 2.33 bits per heavy atom. The molecule has 0 bridgehead atoms. The van der Waals surface area contributed by atoms with Gasteiger partial charge in [0.2, 0.25) is 12.3 Å². The van der Waals surface area contributed by atoms with E-state index < -0.39 is 5.97 Å². The molecule has 3 aromatic rings. The van der Waals surface area contributed by atoms with Gasteiger partial charge in [-0.05, 0) is 47.7 Å². The molecule has 0 saturated carbocycles. The highest BCUT2D eigenvalue weighted by Crippen LogP contribution is 2.22. The van der Waals surface area contributed by atoms with Crippen LogP contribution in [0.4, 0.5) is 0 Å². The molecule has 0 fully saturated rings. The van der Waals surface area contributed by atoms with Crippen LogP contribution in [0.15, 0.2) is 59.3 Å². The number of ether oxygens (including phenoxy) is 1. The van der Waals surface area contributed by atoms with Gasteiger partial charge in [-0.2, -0.15) is 0 Å². The molecule has 156 valence electrons. The van der Waals surface area contributed by atoms with E-state index in [4.69, 9.17) is 9.15 Å². The summed E-state index contributed by atoms with van der Waals surface area (Å²) >= 11 is 0. The first-order chi connectivity index (χ1) is 14.5. The van der Waals surface area contributed by atoms with Crippen molar-refractivity contribution in [1.82, 2.24) is 15.5 Å². The maximum Gasteiger partial charge on any atom is 0.338 e. The van der Waals surface area contributed by atoms with Gasteiger partial charge in [-0.15, -0.1) is 10.2 Å². The molecule has 7 heteroatoms. The Hall–Kier alpha value is -3.48. The average molecular weight is 407 g/mol. The molecule has 0 aliphatic heterocycles. The van der Waals surface area contributed by atoms with Crippen LogP contribution in [-0.4, -0.2) is 28.7 Å². The summed E-state index contributed by atoms with van der Waals surface area (Å²) in [5, 5.41) is 10.4. The van der Waals surface area contributed by atoms with Crippen molar-refractivity contribution in [2.45, 2.75) is 33.2 Å². The highest BCUT2D eigenvalue weighted by molar-refractivity contribution is 5.91. The minimum Gasteiger partial charge on any atom is -0.452 e. The molecule has 0 saturated heterocycles. The maximum atomic E-state index is 12.4. The molecule has 30 heavy (non-hydrogen) atoms. The van der Waals surface area contributed by atoms with Gasteiger partial charge in [-0.3, -0.25) is 4.79 Å². The number of hydrogen-bond acceptors (Lipinski definition) is 6. The van der Waals surface area contributed by atoms with Crippen LogP contribution >= 0.6 is 0 Å². The predicted molar refractivity (Wildman–Crippen MR) is 112 cm³/mol. The number of aryl methyl sites for hydroxylation is 1. The summed E-state index contributed by atoms with van der Waals surface area (Å²) in [6.45, 7) is 5.83. The molecule has 1 amide bonds. The fourth-order valence-electron chi connectivity index (χ4n) is 3.07. The van der Waals surface area contributed by atoms with Crippen molar-refractivity contribution in [3.8, 4) is 11.5 Å². The van der Waals surface area contributed by atoms with E-state index in [9.17, 15) is 9.59 Å². The predicted octanol–water partition coefficient (Wildman–Crippen LogP) is 3.97. The van der Waals surface area contributed by atoms with E-state index in [1.807, 2.05) is 26.0 Å². The van der Waals surface area contributed by atoms with Crippen molar-refractivity contribution in [2.75, 3.05) is 6.61 Å². The molecule has 1 heterocycles. The van der Waals surface area contributed by atoms with Crippen LogP contribution in [0.3, 0.4) is 0 Å². The highest BCUT2D eigenvalue weighted by Gasteiger charge is 2.19. The lowest BCUT2D eigenvalue weighted by Crippen LogP contribution is -2.35. The fourth-order valence-corrected chi connectivity index (χ4v) is 3.07. The third kappa shape index (κ3) is 5.31. The standard InChI is InChI=1S/C23H25N3O4/c1-4-16-5-7-17(8-6-16)21(15(2)3)25-20(27)13-29-23(28)19-11-9-18(10-12-19)22-26-24-14-30-22/h5-12,14-15,21H,4,13H2,1-3H3,(H,25,27)/t21-/m0/s1. The zero-order valence-corrected chi connectivity index (χ0v) is 17.3. The molecule has 7 nitrogen and oxygen atoms in total. The molecule has 1 atom stereocenters. The van der Waals surface area contributed by atoms with Gasteiger partial charge < -0.3 is 14.5 Å². The second kappa shape index (κ2) is 9.82. The first-order valence-electron chi connectivity index (χ1n) is 9.90. The van der Waals surface area contributed by atoms with Crippen molar-refractivity contribution in [1.29, 1.82) is 0 Å². The summed E-state index contributed by atoms with van der Waals surface area (Å²) in [4.78, 5) is 24.6. The van der Waals surface area contributed by atoms with E-state index in [1.54, 1.807) is 24.3 Å². The van der Waals surface area contributed by atoms with E-state index in [0.29, 0.717) is 17.0 Å². The Bertz CT molecular complexity index is 965. The summed E-state index contributed by atoms with van der Waals surface area (Å²) in [6.07, 6.45) is 2.20. The Morgan fingerprint density at radius 1 is 1.07 bits per heavy atom. The van der Waals surface area contributed by atoms with Gasteiger partial charge in [-0.25, -0.2) is 4.79 Å². The van der Waals surface area contributed by atoms with Gasteiger partial charge in [0, 0.05) is 5.56 Å². The molecule has 0 spiro atoms. The van der Waals surface area contributed by atoms with Gasteiger partial charge in [-0.1, -0.05) is 45.0 Å². The average Bonchev–Trinajstić information content (AvgIpc) is 3.31. The van der Waals surface area contributed by atoms with Gasteiger partial charge in [0.05, 0.1) is 11.6 Å². The number of carbonyl (C=O) groups is 2. The molecular weight excluding hydrogens is 382 g/mol. The molecule has 1 N–H and O–H groups in total. The smallest absolute Gasteiger partial charge is 0.338 e. The fraction of sp³-hybridized carbons (Fsp3) is 0.304. The van der Waals surface area contributed by atoms with E-state index in [2.05, 4.69) is 34.6 Å². The zero-order chi connectivity index (χ0) is 21.5. The van der Waals surface area contributed by atoms with Crippen molar-refractivity contribution in [2.24, 2.45) is 5.92 Å². The molecule has 0 unspecified atom stereocenters. The van der Waals surface area contributed by atoms with Gasteiger partial charge in [0.25, 0.3) is 5.91 Å². The van der Waals surface area contributed by atoms with Crippen LogP contribution in [0.25, 0.3) is 11.5 Å². The Morgan fingerprint density at radius 2 is 1.77 bits per heavy atom. The minimum absolute atomic E-state index is 0.157. The van der Waals surface area contributed by atoms with Crippen LogP contribution in [0.2, 0.25) is 0 Å². The van der Waals surface area contributed by atoms with E-state index in [0.717, 1.165) is 12.0 Å². The van der Waals surface area contributed by atoms with Crippen LogP contribution in [0.5, 0.6) is 0 Å². The Balaban J connectivity index is 1.56. The second-order valence-corrected chi connectivity index (χ2v) is 7.28. The summed E-state index contributed by atoms with van der Waals surface area (Å²) in [6, 6.07) is 14.6. The second-order valence-electron chi connectivity index (χ2n) is 7.28. The number of nitrogens with zero attached hydrogens (tertiary/aromatic N) is 2. The molecule has 2 aromatic carbocycles. The number of esters is 1. The summed E-state index contributed by atoms with van der Waals surface area (Å²) in [5.74, 6) is -0.366. The maximum absolute atomic E-state index is 12.4. The van der Waals surface area contributed by atoms with Crippen molar-refractivity contribution < 1.29 is 18.7 Å². The summed E-state index contributed by atoms with van der Waals surface area (Å²) in [5.41, 5.74) is 3.29. The van der Waals surface area contributed by atoms with E-state index in [-0.39, 0.29) is 24.5 Å². The number of hydrogen-bond donors (Lipinski definition) is 1. The minimum atomic E-state index is -0.573. The molecule has 0 aliphatic carbocycles. The van der Waals surface area contributed by atoms with Gasteiger partial charge in [0.15, 0.2) is 6.61 Å². The number of amides is 1. The first-order valence-corrected chi connectivity index (χ1v) is 9.90. The molecule has 3 rings (SSSR count). The lowest BCUT2D eigenvalue weighted by molar-refractivity contribution is -0.125. The number of carbonyl (C=O) groups excluding carboxylic acids is 2. The zero-order valence-electron chi connectivity index (χ0n) is 17.3. The number of benzene rings is 2. The van der Waals surface area contributed by atoms with Crippen molar-refractivity contribution in [3.63, 3.8) is 0 Å². The summed E-state index contributed by atoms with van der Waals surface area (Å²) in [7, 11) is 0. The molecular formula is C23H25N3O4. The SMILES string of the molecule is CCc1ccc([C@@H](NC(=O)COC(=O)c2ccc(-c3nnco3)cc2)C(C)C)cc1. The summed E-state index contributed by atoms with van der Waals surface area (Å²) < 4.78 is 10.3. The van der Waals surface area contributed by atoms with Crippen molar-refractivity contribution in [3.05, 3.63) is 71.6 Å². The first kappa shape index (κ1) is 21.2. The highest BCUT2D eigenvalue weighted by atomic mass is 16.5. The van der Waals surface area contributed by atoms with Crippen LogP contribution in [0.1, 0.15) is 48.3 Å². The molecule has 0 aliphatic rings. The topological polar surface area (TPSA) is 94.3 Å². The normalized spacial score (nSPS) is 11.9. The van der Waals surface area contributed by atoms with Crippen LogP contribution in [-0.2, 0) is 16.0 Å². The van der Waals surface area contributed by atoms with Crippen LogP contribution in [0, 0.1) is 5.92 Å². The van der Waals surface area contributed by atoms with Crippen LogP contribution < -0.4 is 5.32 Å². The Labute approximate surface area is 175 Å². The quantitative estimate of drug-likeness (QED) is 0.568. The van der Waals surface area contributed by atoms with Gasteiger partial charge in [0.1, 0.15) is 0 Å². The van der Waals surface area contributed by atoms with Crippen molar-refractivity contribution >= 4 is 11.9 Å². The van der Waals surface area contributed by atoms with E-state index >= 15 is 0 Å². The monoisotopic (exact) mass is 407 g/mol.